The first-order valence-corrected chi connectivity index (χ1v) is 44.2. The van der Waals surface area contributed by atoms with Crippen molar-refractivity contribution in [3.05, 3.63) is 293 Å². The second kappa shape index (κ2) is 43.2. The number of piperidine rings is 1. The molecule has 5 aliphatic rings. The summed E-state index contributed by atoms with van der Waals surface area (Å²) in [5.41, 5.74) is 16.2. The second-order valence-corrected chi connectivity index (χ2v) is 32.6. The third-order valence-corrected chi connectivity index (χ3v) is 23.3. The number of anilines is 7. The number of hydrogen-bond donors (Lipinski definition) is 10. The molecule has 30 heteroatoms. The van der Waals surface area contributed by atoms with Gasteiger partial charge in [-0.25, -0.2) is 39.9 Å². The van der Waals surface area contributed by atoms with Crippen molar-refractivity contribution < 1.29 is 19.2 Å². The molecule has 0 unspecified atom stereocenters. The third kappa shape index (κ3) is 23.7. The molecule has 4 saturated heterocycles. The van der Waals surface area contributed by atoms with Crippen molar-refractivity contribution in [2.75, 3.05) is 101 Å². The molecule has 0 bridgehead atoms. The van der Waals surface area contributed by atoms with Crippen molar-refractivity contribution >= 4 is 69.0 Å². The van der Waals surface area contributed by atoms with Crippen LogP contribution < -0.4 is 68.8 Å². The average Bonchev–Trinajstić information content (AvgIpc) is 1.09. The lowest BCUT2D eigenvalue weighted by Gasteiger charge is -2.37. The van der Waals surface area contributed by atoms with Gasteiger partial charge in [-0.05, 0) is 256 Å². The lowest BCUT2D eigenvalue weighted by atomic mass is 9.99. The number of amides is 4. The lowest BCUT2D eigenvalue weighted by molar-refractivity contribution is 0.101. The summed E-state index contributed by atoms with van der Waals surface area (Å²) in [6.45, 7) is 24.6. The van der Waals surface area contributed by atoms with Crippen LogP contribution in [0.5, 0.6) is 0 Å². The van der Waals surface area contributed by atoms with E-state index in [9.17, 15) is 38.4 Å². The molecule has 3 atom stereocenters. The van der Waals surface area contributed by atoms with Crippen molar-refractivity contribution in [2.24, 2.45) is 0 Å². The SMILES string of the molecule is CCc1cc(-c2c[nH]c(=O)c(NC(=O)c3ccc(C4=CCNCC4)cc3)c2)ncn1.CCc1cc(-c2c[nH]c(=O)c(NC(=O)c3ccc(N4CCC[C@H]4CN4CCCC4)cc3)c2)ncn1.CCc1cc(-c2c[nH]c(=O)c(NC(=O)c3ccc(N4C[C@@H](C)N[C@@H](C)C4)cc3)c2)ncn1.CCc1nc(C)cc(-c2c[nH]c(=O)c(NC(=O)c3ccc(N4CCCCC4)cc3)c2)n1. The number of carbonyl (C=O) groups is 4. The Morgan fingerprint density at radius 1 is 0.414 bits per heavy atom. The number of nitrogens with one attached hydrogen (secondary N) is 10. The van der Waals surface area contributed by atoms with Gasteiger partial charge in [0.05, 0.1) is 22.8 Å². The quantitative estimate of drug-likeness (QED) is 0.0301. The van der Waals surface area contributed by atoms with Gasteiger partial charge in [0.2, 0.25) is 0 Å². The van der Waals surface area contributed by atoms with Crippen LogP contribution >= 0.6 is 0 Å². The van der Waals surface area contributed by atoms with Crippen LogP contribution in [-0.2, 0) is 25.7 Å². The van der Waals surface area contributed by atoms with Crippen LogP contribution in [0.3, 0.4) is 0 Å². The van der Waals surface area contributed by atoms with Crippen molar-refractivity contribution in [3.8, 4) is 45.0 Å². The Morgan fingerprint density at radius 3 is 1.22 bits per heavy atom. The standard InChI is InChI=1S/C27H32N6O2.C24H28N6O2.C24H27N5O2.C23H23N5O2/c1-2-21-15-24(30-18-29-21)20-14-25(27(35)28-16-20)31-26(34)19-7-9-22(10-8-19)33-13-5-6-23(33)17-32-11-3-4-12-32;1-4-19-10-21(27-14-26-19)18-9-22(24(32)25-11-18)29-23(31)17-5-7-20(8-6-17)30-12-15(2)28-16(3)13-30;1-3-22-26-16(2)13-20(27-22)18-14-21(24(31)25-15-18)28-23(30)17-7-9-19(10-8-17)29-11-5-4-6-12-29;1-2-19-12-20(27-14-26-19)18-11-21(23(30)25-13-18)28-22(29)17-5-3-15(4-6-17)16-7-9-24-10-8-16/h7-10,14-16,18,23H,2-6,11-13,17H2,1H3,(H,28,35)(H,31,34);5-11,14-16,28H,4,12-13H2,1-3H3,(H,25,32)(H,29,31);7-10,13-15H,3-6,11-12H2,1-2H3,(H,25,31)(H,28,30);3-7,11-14,24H,2,8-10H2,1H3,(H,25,30)(H,28,29)/t23-;15-,16+;;/m0.../s1. The Balaban J connectivity index is 0.000000138. The molecule has 17 rings (SSSR count). The molecule has 660 valence electrons. The zero-order valence-corrected chi connectivity index (χ0v) is 73.4. The van der Waals surface area contributed by atoms with Crippen LogP contribution in [0.2, 0.25) is 0 Å². The summed E-state index contributed by atoms with van der Waals surface area (Å²) in [6, 6.07) is 45.6. The molecule has 0 aliphatic carbocycles. The van der Waals surface area contributed by atoms with Gasteiger partial charge in [-0.2, -0.15) is 0 Å². The predicted molar refractivity (Wildman–Crippen MR) is 504 cm³/mol. The molecule has 0 spiro atoms. The lowest BCUT2D eigenvalue weighted by Crippen LogP contribution is -2.54. The number of aromatic nitrogens is 12. The van der Waals surface area contributed by atoms with Gasteiger partial charge in [-0.15, -0.1) is 0 Å². The zero-order valence-electron chi connectivity index (χ0n) is 73.4. The Kier molecular flexibility index (Phi) is 30.4. The van der Waals surface area contributed by atoms with E-state index in [4.69, 9.17) is 0 Å². The van der Waals surface area contributed by atoms with Crippen LogP contribution in [0.1, 0.15) is 169 Å². The first-order chi connectivity index (χ1) is 62.2. The van der Waals surface area contributed by atoms with Crippen LogP contribution in [0.15, 0.2) is 215 Å². The van der Waals surface area contributed by atoms with E-state index in [0.29, 0.717) is 79.8 Å². The number of aromatic amines is 4. The smallest absolute Gasteiger partial charge is 0.271 e. The fourth-order valence-electron chi connectivity index (χ4n) is 16.3. The van der Waals surface area contributed by atoms with E-state index in [0.717, 1.165) is 141 Å². The van der Waals surface area contributed by atoms with E-state index in [-0.39, 0.29) is 68.6 Å². The Labute approximate surface area is 742 Å². The molecule has 4 amide bonds. The molecule has 30 nitrogen and oxygen atoms in total. The van der Waals surface area contributed by atoms with Gasteiger partial charge in [0.1, 0.15) is 47.6 Å². The van der Waals surface area contributed by atoms with Gasteiger partial charge in [-0.1, -0.05) is 45.9 Å². The highest BCUT2D eigenvalue weighted by molar-refractivity contribution is 6.07. The normalized spacial score (nSPS) is 16.1. The maximum atomic E-state index is 12.9. The summed E-state index contributed by atoms with van der Waals surface area (Å²) >= 11 is 0. The maximum Gasteiger partial charge on any atom is 0.271 e. The summed E-state index contributed by atoms with van der Waals surface area (Å²) < 4.78 is 0. The molecule has 10 N–H and O–H groups in total. The number of pyridine rings is 4. The summed E-state index contributed by atoms with van der Waals surface area (Å²) in [5.74, 6) is -0.564. The molecule has 8 aromatic heterocycles. The monoisotopic (exact) mass is 1720 g/mol. The first kappa shape index (κ1) is 90.2. The molecule has 128 heavy (non-hydrogen) atoms. The van der Waals surface area contributed by atoms with E-state index >= 15 is 0 Å². The largest absolute Gasteiger partial charge is 0.372 e. The first-order valence-electron chi connectivity index (χ1n) is 44.2. The second-order valence-electron chi connectivity index (χ2n) is 32.6. The summed E-state index contributed by atoms with van der Waals surface area (Å²) in [4.78, 5) is 155. The van der Waals surface area contributed by atoms with E-state index in [1.807, 2.05) is 120 Å². The highest BCUT2D eigenvalue weighted by Crippen LogP contribution is 2.31. The minimum atomic E-state index is -0.368. The summed E-state index contributed by atoms with van der Waals surface area (Å²) in [6.07, 6.45) is 25.8. The molecule has 4 aromatic carbocycles. The van der Waals surface area contributed by atoms with Crippen LogP contribution in [0, 0.1) is 6.92 Å². The van der Waals surface area contributed by atoms with E-state index in [1.165, 1.54) is 82.6 Å². The number of carbonyl (C=O) groups excluding carboxylic acids is 4. The molecule has 0 radical (unpaired) electrons. The number of piperazine rings is 1. The highest BCUT2D eigenvalue weighted by Gasteiger charge is 2.29. The number of nitrogens with zero attached hydrogens (tertiary/aromatic N) is 12. The maximum absolute atomic E-state index is 12.9. The Bertz CT molecular complexity index is 6150. The fourth-order valence-corrected chi connectivity index (χ4v) is 16.3. The predicted octanol–water partition coefficient (Wildman–Crippen LogP) is 13.5. The Hall–Kier alpha value is -14.1. The van der Waals surface area contributed by atoms with E-state index in [2.05, 4.69) is 131 Å². The summed E-state index contributed by atoms with van der Waals surface area (Å²) in [5, 5.41) is 17.8. The molecular formula is C98H110N22O8. The van der Waals surface area contributed by atoms with E-state index < -0.39 is 0 Å². The van der Waals surface area contributed by atoms with Crippen LogP contribution in [-0.4, -0.2) is 172 Å². The number of rotatable bonds is 22. The molecule has 0 saturated carbocycles. The molecular weight excluding hydrogens is 1610 g/mol. The molecule has 12 aromatic rings. The van der Waals surface area contributed by atoms with Gasteiger partial charge in [0.25, 0.3) is 45.9 Å². The number of benzene rings is 4. The topological polar surface area (TPSA) is 388 Å². The van der Waals surface area contributed by atoms with Crippen molar-refractivity contribution in [1.82, 2.24) is 75.3 Å². The molecule has 5 aliphatic heterocycles. The minimum absolute atomic E-state index is 0.179. The summed E-state index contributed by atoms with van der Waals surface area (Å²) in [7, 11) is 0. The highest BCUT2D eigenvalue weighted by atomic mass is 16.2. The number of hydrogen-bond acceptors (Lipinski definition) is 22. The van der Waals surface area contributed by atoms with Crippen LogP contribution in [0.4, 0.5) is 39.8 Å². The fraction of sp³-hybridized carbons (Fsp3) is 0.327. The van der Waals surface area contributed by atoms with Gasteiger partial charge >= 0.3 is 0 Å². The van der Waals surface area contributed by atoms with Crippen molar-refractivity contribution in [2.45, 2.75) is 144 Å². The van der Waals surface area contributed by atoms with Crippen molar-refractivity contribution in [1.29, 1.82) is 0 Å². The van der Waals surface area contributed by atoms with Gasteiger partial charge < -0.3 is 71.4 Å². The number of aryl methyl sites for hydroxylation is 5. The molecule has 13 heterocycles. The average molecular weight is 1720 g/mol. The van der Waals surface area contributed by atoms with Gasteiger partial charge in [-0.3, -0.25) is 38.4 Å². The Morgan fingerprint density at radius 2 is 0.812 bits per heavy atom. The van der Waals surface area contributed by atoms with Gasteiger partial charge in [0, 0.05) is 179 Å². The minimum Gasteiger partial charge on any atom is -0.372 e. The van der Waals surface area contributed by atoms with E-state index in [1.54, 1.807) is 85.5 Å². The third-order valence-electron chi connectivity index (χ3n) is 23.3. The van der Waals surface area contributed by atoms with Crippen LogP contribution in [0.25, 0.3) is 50.6 Å². The molecule has 4 fully saturated rings. The van der Waals surface area contributed by atoms with Gasteiger partial charge in [0.15, 0.2) is 0 Å². The number of H-pyrrole nitrogens is 4. The van der Waals surface area contributed by atoms with Crippen molar-refractivity contribution in [3.63, 3.8) is 0 Å². The zero-order chi connectivity index (χ0) is 89.6. The number of likely N-dealkylation sites (tertiary alicyclic amines) is 1.